The minimum atomic E-state index is -0.656. The average Bonchev–Trinajstić information content (AvgIpc) is 3.09. The van der Waals surface area contributed by atoms with E-state index < -0.39 is 5.54 Å². The highest BCUT2D eigenvalue weighted by Gasteiger charge is 2.46. The van der Waals surface area contributed by atoms with Crippen LogP contribution in [-0.2, 0) is 4.79 Å². The SMILES string of the molecule is NC1(C(=O)Nc2cccc3cccnc23)CC1. The second-order valence-corrected chi connectivity index (χ2v) is 4.49. The molecule has 0 radical (unpaired) electrons. The molecule has 4 heteroatoms. The maximum absolute atomic E-state index is 11.9. The van der Waals surface area contributed by atoms with Crippen molar-refractivity contribution in [1.82, 2.24) is 4.98 Å². The number of aromatic nitrogens is 1. The van der Waals surface area contributed by atoms with Gasteiger partial charge in [0.1, 0.15) is 0 Å². The Morgan fingerprint density at radius 3 is 2.82 bits per heavy atom. The summed E-state index contributed by atoms with van der Waals surface area (Å²) in [6, 6.07) is 9.55. The standard InChI is InChI=1S/C13H13N3O/c14-13(6-7-13)12(17)16-10-5-1-3-9-4-2-8-15-11(9)10/h1-5,8H,6-7,14H2,(H,16,17). The number of hydrogen-bond donors (Lipinski definition) is 2. The van der Waals surface area contributed by atoms with Crippen LogP contribution < -0.4 is 11.1 Å². The summed E-state index contributed by atoms with van der Waals surface area (Å²) in [7, 11) is 0. The summed E-state index contributed by atoms with van der Waals surface area (Å²) in [5.74, 6) is -0.115. The third kappa shape index (κ3) is 1.76. The van der Waals surface area contributed by atoms with Crippen LogP contribution in [0, 0.1) is 0 Å². The van der Waals surface area contributed by atoms with E-state index in [-0.39, 0.29) is 5.91 Å². The summed E-state index contributed by atoms with van der Waals surface area (Å²) in [5, 5.41) is 3.87. The van der Waals surface area contributed by atoms with Gasteiger partial charge in [0.25, 0.3) is 0 Å². The second-order valence-electron chi connectivity index (χ2n) is 4.49. The number of carbonyl (C=O) groups excluding carboxylic acids is 1. The number of hydrogen-bond acceptors (Lipinski definition) is 3. The molecule has 1 saturated carbocycles. The molecule has 0 spiro atoms. The molecular formula is C13H13N3O. The normalized spacial score (nSPS) is 16.8. The monoisotopic (exact) mass is 227 g/mol. The highest BCUT2D eigenvalue weighted by molar-refractivity contribution is 6.05. The number of rotatable bonds is 2. The number of pyridine rings is 1. The first-order valence-corrected chi connectivity index (χ1v) is 5.63. The van der Waals surface area contributed by atoms with Crippen LogP contribution in [0.3, 0.4) is 0 Å². The summed E-state index contributed by atoms with van der Waals surface area (Å²) in [6.45, 7) is 0. The van der Waals surface area contributed by atoms with Gasteiger partial charge in [-0.05, 0) is 25.0 Å². The van der Waals surface area contributed by atoms with E-state index in [0.29, 0.717) is 0 Å². The number of nitrogens with one attached hydrogen (secondary N) is 1. The van der Waals surface area contributed by atoms with Crippen LogP contribution in [0.25, 0.3) is 10.9 Å². The van der Waals surface area contributed by atoms with E-state index in [1.54, 1.807) is 6.20 Å². The maximum Gasteiger partial charge on any atom is 0.244 e. The lowest BCUT2D eigenvalue weighted by molar-refractivity contribution is -0.118. The Kier molecular flexibility index (Phi) is 2.12. The van der Waals surface area contributed by atoms with Crippen LogP contribution >= 0.6 is 0 Å². The largest absolute Gasteiger partial charge is 0.323 e. The molecule has 1 aromatic heterocycles. The van der Waals surface area contributed by atoms with Crippen molar-refractivity contribution in [3.8, 4) is 0 Å². The number of carbonyl (C=O) groups is 1. The first-order chi connectivity index (χ1) is 8.19. The van der Waals surface area contributed by atoms with Gasteiger partial charge in [-0.3, -0.25) is 9.78 Å². The molecule has 3 rings (SSSR count). The maximum atomic E-state index is 11.9. The predicted octanol–water partition coefficient (Wildman–Crippen LogP) is 1.66. The molecule has 86 valence electrons. The molecule has 0 bridgehead atoms. The highest BCUT2D eigenvalue weighted by Crippen LogP contribution is 2.34. The lowest BCUT2D eigenvalue weighted by Crippen LogP contribution is -2.37. The van der Waals surface area contributed by atoms with Crippen molar-refractivity contribution in [3.63, 3.8) is 0 Å². The third-order valence-corrected chi connectivity index (χ3v) is 3.12. The molecule has 0 aliphatic heterocycles. The van der Waals surface area contributed by atoms with Crippen molar-refractivity contribution in [2.75, 3.05) is 5.32 Å². The summed E-state index contributed by atoms with van der Waals surface area (Å²) in [5.41, 5.74) is 6.72. The van der Waals surface area contributed by atoms with Gasteiger partial charge in [0.15, 0.2) is 0 Å². The van der Waals surface area contributed by atoms with Gasteiger partial charge in [-0.1, -0.05) is 18.2 Å². The van der Waals surface area contributed by atoms with Gasteiger partial charge in [-0.15, -0.1) is 0 Å². The Balaban J connectivity index is 1.97. The van der Waals surface area contributed by atoms with Crippen LogP contribution in [0.15, 0.2) is 36.5 Å². The van der Waals surface area contributed by atoms with Crippen molar-refractivity contribution in [1.29, 1.82) is 0 Å². The number of nitrogens with two attached hydrogens (primary N) is 1. The fraction of sp³-hybridized carbons (Fsp3) is 0.231. The smallest absolute Gasteiger partial charge is 0.244 e. The first-order valence-electron chi connectivity index (χ1n) is 5.63. The van der Waals surface area contributed by atoms with Crippen LogP contribution in [0.5, 0.6) is 0 Å². The Morgan fingerprint density at radius 1 is 1.29 bits per heavy atom. The van der Waals surface area contributed by atoms with Crippen molar-refractivity contribution < 1.29 is 4.79 Å². The van der Waals surface area contributed by atoms with Crippen LogP contribution in [0.4, 0.5) is 5.69 Å². The summed E-state index contributed by atoms with van der Waals surface area (Å²) in [4.78, 5) is 16.2. The zero-order chi connectivity index (χ0) is 11.9. The molecule has 1 heterocycles. The minimum absolute atomic E-state index is 0.115. The van der Waals surface area contributed by atoms with E-state index in [1.165, 1.54) is 0 Å². The molecule has 3 N–H and O–H groups in total. The van der Waals surface area contributed by atoms with Crippen LogP contribution in [-0.4, -0.2) is 16.4 Å². The summed E-state index contributed by atoms with van der Waals surface area (Å²) in [6.07, 6.45) is 3.24. The lowest BCUT2D eigenvalue weighted by atomic mass is 10.2. The van der Waals surface area contributed by atoms with E-state index >= 15 is 0 Å². The molecule has 1 fully saturated rings. The molecule has 17 heavy (non-hydrogen) atoms. The quantitative estimate of drug-likeness (QED) is 0.820. The number of anilines is 1. The average molecular weight is 227 g/mol. The van der Waals surface area contributed by atoms with Gasteiger partial charge in [0, 0.05) is 11.6 Å². The molecule has 1 amide bonds. The van der Waals surface area contributed by atoms with Crippen molar-refractivity contribution >= 4 is 22.5 Å². The van der Waals surface area contributed by atoms with E-state index in [4.69, 9.17) is 5.73 Å². The van der Waals surface area contributed by atoms with E-state index in [1.807, 2.05) is 30.3 Å². The Hall–Kier alpha value is -1.94. The van der Waals surface area contributed by atoms with Gasteiger partial charge >= 0.3 is 0 Å². The van der Waals surface area contributed by atoms with Gasteiger partial charge < -0.3 is 11.1 Å². The van der Waals surface area contributed by atoms with Gasteiger partial charge in [0.05, 0.1) is 16.7 Å². The second kappa shape index (κ2) is 3.53. The van der Waals surface area contributed by atoms with E-state index in [0.717, 1.165) is 29.4 Å². The Morgan fingerprint density at radius 2 is 2.06 bits per heavy atom. The van der Waals surface area contributed by atoms with Gasteiger partial charge in [-0.2, -0.15) is 0 Å². The molecule has 2 aromatic rings. The summed E-state index contributed by atoms with van der Waals surface area (Å²) >= 11 is 0. The van der Waals surface area contributed by atoms with E-state index in [9.17, 15) is 4.79 Å². The molecular weight excluding hydrogens is 214 g/mol. The minimum Gasteiger partial charge on any atom is -0.323 e. The molecule has 0 atom stereocenters. The Labute approximate surface area is 98.8 Å². The zero-order valence-electron chi connectivity index (χ0n) is 9.31. The van der Waals surface area contributed by atoms with Crippen molar-refractivity contribution in [2.24, 2.45) is 5.73 Å². The first kappa shape index (κ1) is 10.2. The number of para-hydroxylation sites is 1. The van der Waals surface area contributed by atoms with Gasteiger partial charge in [-0.25, -0.2) is 0 Å². The number of nitrogens with zero attached hydrogens (tertiary/aromatic N) is 1. The number of benzene rings is 1. The fourth-order valence-electron chi connectivity index (χ4n) is 1.81. The molecule has 1 aromatic carbocycles. The lowest BCUT2D eigenvalue weighted by Gasteiger charge is -2.11. The molecule has 0 saturated heterocycles. The predicted molar refractivity (Wildman–Crippen MR) is 66.5 cm³/mol. The van der Waals surface area contributed by atoms with Crippen LogP contribution in [0.2, 0.25) is 0 Å². The number of amides is 1. The van der Waals surface area contributed by atoms with Crippen molar-refractivity contribution in [3.05, 3.63) is 36.5 Å². The molecule has 0 unspecified atom stereocenters. The van der Waals surface area contributed by atoms with E-state index in [2.05, 4.69) is 10.3 Å². The summed E-state index contributed by atoms with van der Waals surface area (Å²) < 4.78 is 0. The van der Waals surface area contributed by atoms with Crippen LogP contribution in [0.1, 0.15) is 12.8 Å². The Bertz CT molecular complexity index is 585. The topological polar surface area (TPSA) is 68.0 Å². The molecule has 1 aliphatic carbocycles. The molecule has 4 nitrogen and oxygen atoms in total. The highest BCUT2D eigenvalue weighted by atomic mass is 16.2. The molecule has 1 aliphatic rings. The fourth-order valence-corrected chi connectivity index (χ4v) is 1.81. The third-order valence-electron chi connectivity index (χ3n) is 3.12. The van der Waals surface area contributed by atoms with Gasteiger partial charge in [0.2, 0.25) is 5.91 Å². The van der Waals surface area contributed by atoms with Crippen molar-refractivity contribution in [2.45, 2.75) is 18.4 Å². The number of fused-ring (bicyclic) bond motifs is 1. The zero-order valence-corrected chi connectivity index (χ0v) is 9.31.